The molecule has 0 heterocycles. The number of ether oxygens (including phenoxy) is 1. The SMILES string of the molecule is Cc1cc(C(CCCC(C)C)Oc2ccc(C(=O)NCCC(=O)O)cc2)ccc1-c1ccc(C(F)(F)F)cc1. The van der Waals surface area contributed by atoms with Crippen molar-refractivity contribution in [2.24, 2.45) is 5.92 Å². The third-order valence-corrected chi connectivity index (χ3v) is 6.41. The summed E-state index contributed by atoms with van der Waals surface area (Å²) in [4.78, 5) is 22.9. The third kappa shape index (κ3) is 8.87. The number of halogens is 3. The third-order valence-electron chi connectivity index (χ3n) is 6.41. The molecule has 0 radical (unpaired) electrons. The minimum absolute atomic E-state index is 0.0478. The molecule has 8 heteroatoms. The molecule has 39 heavy (non-hydrogen) atoms. The second-order valence-electron chi connectivity index (χ2n) is 10.0. The number of carbonyl (C=O) groups excluding carboxylic acids is 1. The lowest BCUT2D eigenvalue weighted by Gasteiger charge is -2.22. The van der Waals surface area contributed by atoms with E-state index >= 15 is 0 Å². The number of hydrogen-bond acceptors (Lipinski definition) is 3. The Morgan fingerprint density at radius 1 is 0.949 bits per heavy atom. The van der Waals surface area contributed by atoms with Crippen LogP contribution in [-0.2, 0) is 11.0 Å². The van der Waals surface area contributed by atoms with Crippen molar-refractivity contribution in [2.45, 2.75) is 58.7 Å². The van der Waals surface area contributed by atoms with Gasteiger partial charge in [0.05, 0.1) is 12.0 Å². The molecule has 0 bridgehead atoms. The number of rotatable bonds is 12. The maximum Gasteiger partial charge on any atom is 0.416 e. The summed E-state index contributed by atoms with van der Waals surface area (Å²) in [5.41, 5.74) is 3.18. The first-order valence-electron chi connectivity index (χ1n) is 13.0. The van der Waals surface area contributed by atoms with Crippen molar-refractivity contribution in [3.05, 3.63) is 89.0 Å². The van der Waals surface area contributed by atoms with E-state index in [1.807, 2.05) is 25.1 Å². The first kappa shape index (κ1) is 29.7. The molecule has 208 valence electrons. The van der Waals surface area contributed by atoms with Crippen molar-refractivity contribution in [1.82, 2.24) is 5.32 Å². The van der Waals surface area contributed by atoms with Crippen molar-refractivity contribution < 1.29 is 32.6 Å². The standard InChI is InChI=1S/C31H34F3NO4/c1-20(2)5-4-6-28(39-26-14-9-23(10-15-26)30(38)35-18-17-29(36)37)24-11-16-27(21(3)19-24)22-7-12-25(13-8-22)31(32,33)34/h7-16,19-20,28H,4-6,17-18H2,1-3H3,(H,35,38)(H,36,37). The Morgan fingerprint density at radius 2 is 1.62 bits per heavy atom. The topological polar surface area (TPSA) is 75.6 Å². The van der Waals surface area contributed by atoms with E-state index in [-0.39, 0.29) is 25.0 Å². The fourth-order valence-corrected chi connectivity index (χ4v) is 4.29. The first-order chi connectivity index (χ1) is 18.4. The van der Waals surface area contributed by atoms with Crippen molar-refractivity contribution >= 4 is 11.9 Å². The van der Waals surface area contributed by atoms with E-state index in [0.717, 1.165) is 48.1 Å². The minimum atomic E-state index is -4.37. The van der Waals surface area contributed by atoms with Gasteiger partial charge >= 0.3 is 12.1 Å². The fraction of sp³-hybridized carbons (Fsp3) is 0.355. The van der Waals surface area contributed by atoms with Gasteiger partial charge in [-0.3, -0.25) is 9.59 Å². The van der Waals surface area contributed by atoms with E-state index in [2.05, 4.69) is 19.2 Å². The molecule has 2 N–H and O–H groups in total. The minimum Gasteiger partial charge on any atom is -0.486 e. The molecule has 0 saturated carbocycles. The number of hydrogen-bond donors (Lipinski definition) is 2. The Balaban J connectivity index is 1.77. The molecule has 0 aromatic heterocycles. The van der Waals surface area contributed by atoms with Crippen LogP contribution in [0.1, 0.15) is 72.7 Å². The number of nitrogens with one attached hydrogen (secondary N) is 1. The predicted octanol–water partition coefficient (Wildman–Crippen LogP) is 7.83. The highest BCUT2D eigenvalue weighted by Crippen LogP contribution is 2.34. The summed E-state index contributed by atoms with van der Waals surface area (Å²) in [7, 11) is 0. The van der Waals surface area contributed by atoms with Crippen molar-refractivity contribution in [3.8, 4) is 16.9 Å². The maximum absolute atomic E-state index is 13.0. The summed E-state index contributed by atoms with van der Waals surface area (Å²) >= 11 is 0. The molecule has 3 rings (SSSR count). The molecule has 0 aliphatic carbocycles. The van der Waals surface area contributed by atoms with Gasteiger partial charge in [0.2, 0.25) is 0 Å². The van der Waals surface area contributed by atoms with Gasteiger partial charge in [0.15, 0.2) is 0 Å². The highest BCUT2D eigenvalue weighted by molar-refractivity contribution is 5.94. The summed E-state index contributed by atoms with van der Waals surface area (Å²) in [5, 5.41) is 11.3. The molecule has 0 saturated heterocycles. The number of carboxylic acid groups (broad SMARTS) is 1. The number of aryl methyl sites for hydroxylation is 1. The Labute approximate surface area is 227 Å². The van der Waals surface area contributed by atoms with Crippen LogP contribution in [0.15, 0.2) is 66.7 Å². The Morgan fingerprint density at radius 3 is 2.18 bits per heavy atom. The van der Waals surface area contributed by atoms with Gasteiger partial charge in [0.1, 0.15) is 11.9 Å². The second-order valence-corrected chi connectivity index (χ2v) is 10.0. The summed E-state index contributed by atoms with van der Waals surface area (Å²) in [6.07, 6.45) is -2.01. The van der Waals surface area contributed by atoms with Gasteiger partial charge < -0.3 is 15.2 Å². The van der Waals surface area contributed by atoms with E-state index in [0.29, 0.717) is 22.8 Å². The van der Waals surface area contributed by atoms with Gasteiger partial charge in [-0.25, -0.2) is 0 Å². The van der Waals surface area contributed by atoms with Gasteiger partial charge in [-0.2, -0.15) is 13.2 Å². The normalized spacial score (nSPS) is 12.3. The molecule has 3 aromatic rings. The van der Waals surface area contributed by atoms with Crippen LogP contribution < -0.4 is 10.1 Å². The van der Waals surface area contributed by atoms with Crippen LogP contribution in [-0.4, -0.2) is 23.5 Å². The van der Waals surface area contributed by atoms with Crippen LogP contribution in [0.4, 0.5) is 13.2 Å². The molecule has 1 amide bonds. The molecule has 5 nitrogen and oxygen atoms in total. The molecule has 0 aliphatic rings. The van der Waals surface area contributed by atoms with Crippen LogP contribution in [0, 0.1) is 12.8 Å². The zero-order valence-electron chi connectivity index (χ0n) is 22.3. The van der Waals surface area contributed by atoms with Gasteiger partial charge in [0, 0.05) is 12.1 Å². The quantitative estimate of drug-likeness (QED) is 0.245. The lowest BCUT2D eigenvalue weighted by atomic mass is 9.94. The number of aliphatic carboxylic acids is 1. The van der Waals surface area contributed by atoms with Gasteiger partial charge in [-0.15, -0.1) is 0 Å². The first-order valence-corrected chi connectivity index (χ1v) is 13.0. The Kier molecular flexibility index (Phi) is 10.2. The zero-order chi connectivity index (χ0) is 28.6. The smallest absolute Gasteiger partial charge is 0.416 e. The van der Waals surface area contributed by atoms with Gasteiger partial charge in [-0.05, 0) is 84.3 Å². The van der Waals surface area contributed by atoms with E-state index < -0.39 is 17.7 Å². The monoisotopic (exact) mass is 541 g/mol. The summed E-state index contributed by atoms with van der Waals surface area (Å²) < 4.78 is 45.2. The summed E-state index contributed by atoms with van der Waals surface area (Å²) in [6, 6.07) is 17.7. The van der Waals surface area contributed by atoms with Crippen LogP contribution in [0.25, 0.3) is 11.1 Å². The number of carbonyl (C=O) groups is 2. The molecule has 0 fully saturated rings. The fourth-order valence-electron chi connectivity index (χ4n) is 4.29. The van der Waals surface area contributed by atoms with E-state index in [9.17, 15) is 22.8 Å². The molecular weight excluding hydrogens is 507 g/mol. The van der Waals surface area contributed by atoms with Crippen LogP contribution in [0.2, 0.25) is 0 Å². The number of alkyl halides is 3. The lowest BCUT2D eigenvalue weighted by Crippen LogP contribution is -2.25. The summed E-state index contributed by atoms with van der Waals surface area (Å²) in [5.74, 6) is -0.194. The van der Waals surface area contributed by atoms with Gasteiger partial charge in [0.25, 0.3) is 5.91 Å². The molecule has 3 aromatic carbocycles. The highest BCUT2D eigenvalue weighted by atomic mass is 19.4. The van der Waals surface area contributed by atoms with Crippen LogP contribution in [0.5, 0.6) is 5.75 Å². The van der Waals surface area contributed by atoms with E-state index in [1.54, 1.807) is 24.3 Å². The largest absolute Gasteiger partial charge is 0.486 e. The number of amides is 1. The van der Waals surface area contributed by atoms with Crippen molar-refractivity contribution in [2.75, 3.05) is 6.54 Å². The number of carboxylic acids is 1. The highest BCUT2D eigenvalue weighted by Gasteiger charge is 2.30. The molecular formula is C31H34F3NO4. The van der Waals surface area contributed by atoms with E-state index in [1.165, 1.54) is 12.1 Å². The molecule has 1 atom stereocenters. The lowest BCUT2D eigenvalue weighted by molar-refractivity contribution is -0.138. The maximum atomic E-state index is 13.0. The van der Waals surface area contributed by atoms with Crippen molar-refractivity contribution in [3.63, 3.8) is 0 Å². The average Bonchev–Trinajstić information content (AvgIpc) is 2.87. The van der Waals surface area contributed by atoms with Crippen LogP contribution in [0.3, 0.4) is 0 Å². The second kappa shape index (κ2) is 13.3. The Hall–Kier alpha value is -3.81. The van der Waals surface area contributed by atoms with Gasteiger partial charge in [-0.1, -0.05) is 50.6 Å². The molecule has 0 spiro atoms. The molecule has 1 unspecified atom stereocenters. The van der Waals surface area contributed by atoms with E-state index in [4.69, 9.17) is 9.84 Å². The zero-order valence-corrected chi connectivity index (χ0v) is 22.3. The van der Waals surface area contributed by atoms with Crippen molar-refractivity contribution in [1.29, 1.82) is 0 Å². The molecule has 0 aliphatic heterocycles. The Bertz CT molecular complexity index is 1250. The summed E-state index contributed by atoms with van der Waals surface area (Å²) in [6.45, 7) is 6.31. The predicted molar refractivity (Wildman–Crippen MR) is 145 cm³/mol. The van der Waals surface area contributed by atoms with Crippen LogP contribution >= 0.6 is 0 Å². The number of benzene rings is 3. The average molecular weight is 542 g/mol.